The van der Waals surface area contributed by atoms with Crippen LogP contribution in [0.2, 0.25) is 10.0 Å². The van der Waals surface area contributed by atoms with Gasteiger partial charge in [0.2, 0.25) is 0 Å². The molecule has 0 spiro atoms. The van der Waals surface area contributed by atoms with Gasteiger partial charge >= 0.3 is 0 Å². The van der Waals surface area contributed by atoms with Crippen LogP contribution in [0.15, 0.2) is 76.6 Å². The van der Waals surface area contributed by atoms with Gasteiger partial charge in [0.1, 0.15) is 6.34 Å². The number of halogens is 2. The molecule has 5 nitrogen and oxygen atoms in total. The molecule has 0 amide bonds. The molecule has 0 aliphatic heterocycles. The van der Waals surface area contributed by atoms with Gasteiger partial charge in [-0.2, -0.15) is 3.71 Å². The molecule has 0 heterocycles. The van der Waals surface area contributed by atoms with E-state index in [-0.39, 0.29) is 4.90 Å². The van der Waals surface area contributed by atoms with E-state index in [2.05, 4.69) is 4.99 Å². The maximum atomic E-state index is 13.4. The van der Waals surface area contributed by atoms with Gasteiger partial charge in [-0.25, -0.2) is 13.4 Å². The van der Waals surface area contributed by atoms with Crippen molar-refractivity contribution in [2.75, 3.05) is 10.8 Å². The fraction of sp³-hybridized carbons (Fsp3) is 0.136. The minimum absolute atomic E-state index is 0.194. The van der Waals surface area contributed by atoms with Crippen molar-refractivity contribution in [1.29, 1.82) is 0 Å². The number of sulfonamides is 1. The normalized spacial score (nSPS) is 11.6. The van der Waals surface area contributed by atoms with Gasteiger partial charge in [0.15, 0.2) is 0 Å². The Morgan fingerprint density at radius 1 is 0.903 bits per heavy atom. The van der Waals surface area contributed by atoms with Gasteiger partial charge in [-0.15, -0.1) is 0 Å². The van der Waals surface area contributed by atoms with Crippen LogP contribution in [-0.2, 0) is 10.0 Å². The molecule has 0 saturated heterocycles. The Kier molecular flexibility index (Phi) is 7.54. The largest absolute Gasteiger partial charge is 0.291 e. The molecule has 0 atom stereocenters. The fourth-order valence-electron chi connectivity index (χ4n) is 2.64. The average Bonchev–Trinajstić information content (AvgIpc) is 2.72. The molecule has 3 rings (SSSR count). The van der Waals surface area contributed by atoms with Gasteiger partial charge in [-0.1, -0.05) is 40.9 Å². The van der Waals surface area contributed by atoms with E-state index in [4.69, 9.17) is 23.2 Å². The summed E-state index contributed by atoms with van der Waals surface area (Å²) in [7, 11) is -2.11. The summed E-state index contributed by atoms with van der Waals surface area (Å²) in [6, 6.07) is 18.8. The highest BCUT2D eigenvalue weighted by atomic mass is 35.5. The third kappa shape index (κ3) is 5.95. The molecule has 0 N–H and O–H groups in total. The van der Waals surface area contributed by atoms with Crippen LogP contribution < -0.4 is 3.71 Å². The van der Waals surface area contributed by atoms with Crippen LogP contribution in [0.4, 0.5) is 11.4 Å². The maximum absolute atomic E-state index is 13.4. The van der Waals surface area contributed by atoms with Gasteiger partial charge in [-0.3, -0.25) is 4.31 Å². The lowest BCUT2D eigenvalue weighted by Crippen LogP contribution is -2.28. The number of rotatable bonds is 7. The van der Waals surface area contributed by atoms with Crippen molar-refractivity contribution in [3.63, 3.8) is 0 Å². The Labute approximate surface area is 197 Å². The summed E-state index contributed by atoms with van der Waals surface area (Å²) in [4.78, 5) is 4.65. The number of nitrogens with zero attached hydrogens (tertiary/aromatic N) is 3. The average molecular weight is 494 g/mol. The molecule has 9 heteroatoms. The van der Waals surface area contributed by atoms with Crippen LogP contribution in [0.1, 0.15) is 11.1 Å². The summed E-state index contributed by atoms with van der Waals surface area (Å²) in [6.45, 7) is 3.82. The zero-order chi connectivity index (χ0) is 22.6. The van der Waals surface area contributed by atoms with Crippen molar-refractivity contribution in [2.45, 2.75) is 18.7 Å². The van der Waals surface area contributed by atoms with E-state index >= 15 is 0 Å². The SMILES string of the molecule is Cc1ccc(S(=O)(=O)N(SN(C)C=Nc2ccc(Cl)cc2C)c2ccc(Cl)cc2)cc1. The van der Waals surface area contributed by atoms with Crippen LogP contribution in [0.25, 0.3) is 0 Å². The summed E-state index contributed by atoms with van der Waals surface area (Å²) in [5.41, 5.74) is 3.12. The van der Waals surface area contributed by atoms with Gasteiger partial charge < -0.3 is 0 Å². The predicted molar refractivity (Wildman–Crippen MR) is 132 cm³/mol. The summed E-state index contributed by atoms with van der Waals surface area (Å²) < 4.78 is 29.7. The molecule has 0 bridgehead atoms. The molecule has 0 aliphatic rings. The molecule has 3 aromatic rings. The molecule has 0 unspecified atom stereocenters. The van der Waals surface area contributed by atoms with Crippen molar-refractivity contribution in [3.05, 3.63) is 87.9 Å². The lowest BCUT2D eigenvalue weighted by Gasteiger charge is -2.26. The predicted octanol–water partition coefficient (Wildman–Crippen LogP) is 6.66. The van der Waals surface area contributed by atoms with Gasteiger partial charge in [-0.05, 0) is 74.0 Å². The molecular formula is C22H21Cl2N3O2S2. The summed E-state index contributed by atoms with van der Waals surface area (Å²) in [6.07, 6.45) is 1.56. The standard InChI is InChI=1S/C22H21Cl2N3O2S2/c1-16-4-11-21(12-5-16)31(28,29)27(20-9-6-18(23)7-10-20)30-26(3)15-25-22-13-8-19(24)14-17(22)2/h4-15H,1-3H3. The first kappa shape index (κ1) is 23.5. The molecule has 0 aromatic heterocycles. The number of aryl methyl sites for hydroxylation is 2. The monoisotopic (exact) mass is 493 g/mol. The second-order valence-corrected chi connectivity index (χ2v) is 10.8. The Hall–Kier alpha value is -2.19. The van der Waals surface area contributed by atoms with Crippen LogP contribution in [-0.4, -0.2) is 26.1 Å². The minimum atomic E-state index is -3.84. The van der Waals surface area contributed by atoms with Gasteiger partial charge in [0, 0.05) is 17.1 Å². The van der Waals surface area contributed by atoms with Crippen LogP contribution in [0, 0.1) is 13.8 Å². The van der Waals surface area contributed by atoms with E-state index < -0.39 is 10.0 Å². The van der Waals surface area contributed by atoms with Crippen molar-refractivity contribution in [2.24, 2.45) is 4.99 Å². The summed E-state index contributed by atoms with van der Waals surface area (Å²) in [5.74, 6) is 0. The Bertz CT molecular complexity index is 1180. The second-order valence-electron chi connectivity index (χ2n) is 6.82. The highest BCUT2D eigenvalue weighted by molar-refractivity contribution is 8.13. The molecule has 3 aromatic carbocycles. The summed E-state index contributed by atoms with van der Waals surface area (Å²) >= 11 is 13.0. The van der Waals surface area contributed by atoms with E-state index in [0.717, 1.165) is 28.9 Å². The second kappa shape index (κ2) is 9.96. The molecule has 162 valence electrons. The maximum Gasteiger partial charge on any atom is 0.275 e. The third-order valence-corrected chi connectivity index (χ3v) is 7.80. The van der Waals surface area contributed by atoms with E-state index in [1.54, 1.807) is 72.3 Å². The number of hydrogen-bond donors (Lipinski definition) is 0. The van der Waals surface area contributed by atoms with E-state index in [1.165, 1.54) is 3.71 Å². The van der Waals surface area contributed by atoms with E-state index in [9.17, 15) is 8.42 Å². The Morgan fingerprint density at radius 3 is 2.13 bits per heavy atom. The highest BCUT2D eigenvalue weighted by Crippen LogP contribution is 2.32. The minimum Gasteiger partial charge on any atom is -0.291 e. The lowest BCUT2D eigenvalue weighted by molar-refractivity contribution is 0.598. The first-order valence-electron chi connectivity index (χ1n) is 9.25. The lowest BCUT2D eigenvalue weighted by atomic mass is 10.2. The fourth-order valence-corrected chi connectivity index (χ4v) is 5.53. The molecule has 31 heavy (non-hydrogen) atoms. The van der Waals surface area contributed by atoms with Gasteiger partial charge in [0.05, 0.1) is 28.4 Å². The van der Waals surface area contributed by atoms with Crippen molar-refractivity contribution in [3.8, 4) is 0 Å². The third-order valence-electron chi connectivity index (χ3n) is 4.30. The van der Waals surface area contributed by atoms with E-state index in [0.29, 0.717) is 15.7 Å². The number of aliphatic imine (C=N–C) groups is 1. The molecule has 0 saturated carbocycles. The smallest absolute Gasteiger partial charge is 0.275 e. The topological polar surface area (TPSA) is 53.0 Å². The van der Waals surface area contributed by atoms with Crippen molar-refractivity contribution < 1.29 is 8.42 Å². The van der Waals surface area contributed by atoms with Gasteiger partial charge in [0.25, 0.3) is 10.0 Å². The molecule has 0 fully saturated rings. The molecule has 0 aliphatic carbocycles. The highest BCUT2D eigenvalue weighted by Gasteiger charge is 2.27. The molecule has 0 radical (unpaired) electrons. The van der Waals surface area contributed by atoms with Crippen LogP contribution >= 0.6 is 35.3 Å². The summed E-state index contributed by atoms with van der Waals surface area (Å²) in [5, 5.41) is 1.16. The first-order chi connectivity index (χ1) is 14.7. The quantitative estimate of drug-likeness (QED) is 0.209. The molecular weight excluding hydrogens is 473 g/mol. The number of anilines is 1. The number of hydrogen-bond acceptors (Lipinski definition) is 4. The van der Waals surface area contributed by atoms with E-state index in [1.807, 2.05) is 26.0 Å². The zero-order valence-electron chi connectivity index (χ0n) is 17.2. The zero-order valence-corrected chi connectivity index (χ0v) is 20.3. The Balaban J connectivity index is 1.92. The van der Waals surface area contributed by atoms with Crippen molar-refractivity contribution in [1.82, 2.24) is 4.31 Å². The Morgan fingerprint density at radius 2 is 1.52 bits per heavy atom. The van der Waals surface area contributed by atoms with Crippen LogP contribution in [0.3, 0.4) is 0 Å². The van der Waals surface area contributed by atoms with Crippen LogP contribution in [0.5, 0.6) is 0 Å². The van der Waals surface area contributed by atoms with Crippen molar-refractivity contribution >= 4 is 63.1 Å². The number of benzene rings is 3. The first-order valence-corrected chi connectivity index (χ1v) is 12.2.